The SMILES string of the molecule is CN1Cc2ccc(-c3nc(C#N)ccc3-c3cnn(CC4(C)CC4)c3)cc2C1=O. The van der Waals surface area contributed by atoms with Gasteiger partial charge in [-0.05, 0) is 42.0 Å². The van der Waals surface area contributed by atoms with Gasteiger partial charge in [0.05, 0.1) is 11.9 Å². The van der Waals surface area contributed by atoms with Crippen molar-refractivity contribution in [2.75, 3.05) is 7.05 Å². The van der Waals surface area contributed by atoms with E-state index in [9.17, 15) is 10.1 Å². The summed E-state index contributed by atoms with van der Waals surface area (Å²) in [5.74, 6) is 0.0188. The number of amides is 1. The molecule has 6 nitrogen and oxygen atoms in total. The first kappa shape index (κ1) is 17.6. The van der Waals surface area contributed by atoms with E-state index >= 15 is 0 Å². The Hall–Kier alpha value is -3.46. The van der Waals surface area contributed by atoms with E-state index in [4.69, 9.17) is 0 Å². The van der Waals surface area contributed by atoms with Crippen LogP contribution in [0.4, 0.5) is 0 Å². The van der Waals surface area contributed by atoms with Gasteiger partial charge >= 0.3 is 0 Å². The van der Waals surface area contributed by atoms with E-state index in [2.05, 4.69) is 23.1 Å². The third-order valence-electron chi connectivity index (χ3n) is 5.97. The van der Waals surface area contributed by atoms with Crippen LogP contribution in [0, 0.1) is 16.7 Å². The van der Waals surface area contributed by atoms with Gasteiger partial charge in [-0.1, -0.05) is 19.1 Å². The molecule has 29 heavy (non-hydrogen) atoms. The average Bonchev–Trinajstić information content (AvgIpc) is 3.15. The fraction of sp³-hybridized carbons (Fsp3) is 0.304. The van der Waals surface area contributed by atoms with Crippen molar-refractivity contribution in [3.8, 4) is 28.5 Å². The van der Waals surface area contributed by atoms with Gasteiger partial charge in [0.25, 0.3) is 5.91 Å². The van der Waals surface area contributed by atoms with Crippen molar-refractivity contribution >= 4 is 5.91 Å². The minimum Gasteiger partial charge on any atom is -0.337 e. The van der Waals surface area contributed by atoms with Crippen LogP contribution in [0.15, 0.2) is 42.7 Å². The van der Waals surface area contributed by atoms with Gasteiger partial charge in [0, 0.05) is 48.6 Å². The topological polar surface area (TPSA) is 74.8 Å². The van der Waals surface area contributed by atoms with Gasteiger partial charge in [0.15, 0.2) is 0 Å². The highest BCUT2D eigenvalue weighted by atomic mass is 16.2. The lowest BCUT2D eigenvalue weighted by Crippen LogP contribution is -2.17. The zero-order chi connectivity index (χ0) is 20.2. The second-order valence-electron chi connectivity index (χ2n) is 8.47. The second-order valence-corrected chi connectivity index (χ2v) is 8.47. The van der Waals surface area contributed by atoms with Crippen LogP contribution < -0.4 is 0 Å². The second kappa shape index (κ2) is 6.28. The number of carbonyl (C=O) groups excluding carboxylic acids is 1. The van der Waals surface area contributed by atoms with E-state index in [1.807, 2.05) is 41.3 Å². The highest BCUT2D eigenvalue weighted by Crippen LogP contribution is 2.46. The number of nitriles is 1. The fourth-order valence-electron chi connectivity index (χ4n) is 3.92. The molecule has 5 rings (SSSR count). The van der Waals surface area contributed by atoms with Crippen molar-refractivity contribution in [1.82, 2.24) is 19.7 Å². The predicted molar refractivity (Wildman–Crippen MR) is 109 cm³/mol. The molecule has 0 atom stereocenters. The Labute approximate surface area is 169 Å². The van der Waals surface area contributed by atoms with Gasteiger partial charge in [-0.25, -0.2) is 4.98 Å². The van der Waals surface area contributed by atoms with Crippen molar-refractivity contribution in [1.29, 1.82) is 5.26 Å². The van der Waals surface area contributed by atoms with Crippen LogP contribution in [0.5, 0.6) is 0 Å². The zero-order valence-electron chi connectivity index (χ0n) is 16.5. The first-order valence-electron chi connectivity index (χ1n) is 9.78. The Balaban J connectivity index is 1.59. The zero-order valence-corrected chi connectivity index (χ0v) is 16.5. The number of rotatable bonds is 4. The lowest BCUT2D eigenvalue weighted by Gasteiger charge is -2.10. The molecule has 0 bridgehead atoms. The molecule has 144 valence electrons. The summed E-state index contributed by atoms with van der Waals surface area (Å²) in [6.07, 6.45) is 6.37. The molecule has 0 radical (unpaired) electrons. The number of hydrogen-bond acceptors (Lipinski definition) is 4. The van der Waals surface area contributed by atoms with Gasteiger partial charge < -0.3 is 4.90 Å². The van der Waals surface area contributed by atoms with Crippen LogP contribution in [0.2, 0.25) is 0 Å². The Bertz CT molecular complexity index is 1180. The number of fused-ring (bicyclic) bond motifs is 1. The van der Waals surface area contributed by atoms with Crippen molar-refractivity contribution in [3.05, 3.63) is 59.5 Å². The standard InChI is InChI=1S/C23H21N5O/c1-23(7-8-23)14-28-13-17(11-25-28)19-6-5-18(10-24)26-21(19)15-3-4-16-12-27(2)22(29)20(16)9-15/h3-6,9,11,13H,7-8,12,14H2,1-2H3. The van der Waals surface area contributed by atoms with Gasteiger partial charge in [0.2, 0.25) is 0 Å². The molecule has 1 amide bonds. The molecule has 3 heterocycles. The average molecular weight is 383 g/mol. The number of pyridine rings is 1. The smallest absolute Gasteiger partial charge is 0.254 e. The Morgan fingerprint density at radius 1 is 1.17 bits per heavy atom. The summed E-state index contributed by atoms with van der Waals surface area (Å²) >= 11 is 0. The van der Waals surface area contributed by atoms with E-state index < -0.39 is 0 Å². The van der Waals surface area contributed by atoms with Crippen molar-refractivity contribution in [3.63, 3.8) is 0 Å². The lowest BCUT2D eigenvalue weighted by atomic mass is 9.98. The highest BCUT2D eigenvalue weighted by Gasteiger charge is 2.37. The van der Waals surface area contributed by atoms with Gasteiger partial charge in [-0.15, -0.1) is 0 Å². The van der Waals surface area contributed by atoms with Crippen LogP contribution in [0.25, 0.3) is 22.4 Å². The minimum atomic E-state index is 0.0188. The Kier molecular flexibility index (Phi) is 3.82. The summed E-state index contributed by atoms with van der Waals surface area (Å²) in [7, 11) is 1.80. The van der Waals surface area contributed by atoms with Crippen LogP contribution in [-0.4, -0.2) is 32.6 Å². The van der Waals surface area contributed by atoms with Crippen molar-refractivity contribution in [2.24, 2.45) is 5.41 Å². The molecule has 0 saturated heterocycles. The molecule has 0 N–H and O–H groups in total. The molecular formula is C23H21N5O. The summed E-state index contributed by atoms with van der Waals surface area (Å²) in [6.45, 7) is 3.81. The number of aromatic nitrogens is 3. The molecule has 1 aliphatic heterocycles. The van der Waals surface area contributed by atoms with Crippen LogP contribution in [0.3, 0.4) is 0 Å². The lowest BCUT2D eigenvalue weighted by molar-refractivity contribution is 0.0816. The third kappa shape index (κ3) is 3.09. The Morgan fingerprint density at radius 3 is 2.76 bits per heavy atom. The number of nitrogens with zero attached hydrogens (tertiary/aromatic N) is 5. The molecule has 0 spiro atoms. The molecule has 2 aliphatic rings. The molecule has 2 aromatic heterocycles. The molecule has 1 fully saturated rings. The molecule has 1 saturated carbocycles. The normalized spacial score (nSPS) is 16.6. The summed E-state index contributed by atoms with van der Waals surface area (Å²) in [4.78, 5) is 18.7. The monoisotopic (exact) mass is 383 g/mol. The van der Waals surface area contributed by atoms with Crippen LogP contribution in [-0.2, 0) is 13.1 Å². The van der Waals surface area contributed by atoms with Crippen molar-refractivity contribution < 1.29 is 4.79 Å². The molecular weight excluding hydrogens is 362 g/mol. The summed E-state index contributed by atoms with van der Waals surface area (Å²) in [5.41, 5.74) is 5.85. The van der Waals surface area contributed by atoms with Crippen molar-refractivity contribution in [2.45, 2.75) is 32.9 Å². The maximum absolute atomic E-state index is 12.4. The minimum absolute atomic E-state index is 0.0188. The van der Waals surface area contributed by atoms with Gasteiger partial charge in [-0.2, -0.15) is 10.4 Å². The molecule has 6 heteroatoms. The van der Waals surface area contributed by atoms with Crippen LogP contribution in [0.1, 0.15) is 41.4 Å². The summed E-state index contributed by atoms with van der Waals surface area (Å²) in [5, 5.41) is 13.9. The van der Waals surface area contributed by atoms with E-state index in [-0.39, 0.29) is 5.91 Å². The molecule has 1 aliphatic carbocycles. The summed E-state index contributed by atoms with van der Waals surface area (Å²) < 4.78 is 1.99. The maximum atomic E-state index is 12.4. The molecule has 3 aromatic rings. The van der Waals surface area contributed by atoms with E-state index in [1.54, 1.807) is 18.0 Å². The number of carbonyl (C=O) groups is 1. The largest absolute Gasteiger partial charge is 0.337 e. The third-order valence-corrected chi connectivity index (χ3v) is 5.97. The van der Waals surface area contributed by atoms with E-state index in [0.29, 0.717) is 28.9 Å². The van der Waals surface area contributed by atoms with E-state index in [0.717, 1.165) is 28.8 Å². The number of hydrogen-bond donors (Lipinski definition) is 0. The maximum Gasteiger partial charge on any atom is 0.254 e. The summed E-state index contributed by atoms with van der Waals surface area (Å²) in [6, 6.07) is 11.6. The predicted octanol–water partition coefficient (Wildman–Crippen LogP) is 3.87. The Morgan fingerprint density at radius 2 is 2.00 bits per heavy atom. The first-order valence-corrected chi connectivity index (χ1v) is 9.78. The molecule has 0 unspecified atom stereocenters. The number of benzene rings is 1. The van der Waals surface area contributed by atoms with Crippen LogP contribution >= 0.6 is 0 Å². The van der Waals surface area contributed by atoms with E-state index in [1.165, 1.54) is 12.8 Å². The highest BCUT2D eigenvalue weighted by molar-refractivity contribution is 5.99. The quantitative estimate of drug-likeness (QED) is 0.685. The van der Waals surface area contributed by atoms with Gasteiger partial charge in [-0.3, -0.25) is 9.48 Å². The molecule has 1 aromatic carbocycles. The fourth-order valence-corrected chi connectivity index (χ4v) is 3.92. The van der Waals surface area contributed by atoms with Gasteiger partial charge in [0.1, 0.15) is 11.8 Å². The first-order chi connectivity index (χ1) is 14.0.